The van der Waals surface area contributed by atoms with Gasteiger partial charge in [-0.1, -0.05) is 13.3 Å². The summed E-state index contributed by atoms with van der Waals surface area (Å²) in [5, 5.41) is 12.2. The SMILES string of the molecule is CCCC(C)(O)CNCCC(F)(F)F. The summed E-state index contributed by atoms with van der Waals surface area (Å²) in [6.07, 6.45) is -3.57. The van der Waals surface area contributed by atoms with Crippen LogP contribution in [0.25, 0.3) is 0 Å². The minimum atomic E-state index is -4.12. The van der Waals surface area contributed by atoms with Gasteiger partial charge in [0.2, 0.25) is 0 Å². The molecular formula is C9H18F3NO. The lowest BCUT2D eigenvalue weighted by Crippen LogP contribution is -2.38. The third-order valence-electron chi connectivity index (χ3n) is 1.88. The normalized spacial score (nSPS) is 16.7. The largest absolute Gasteiger partial charge is 0.390 e. The Labute approximate surface area is 82.5 Å². The van der Waals surface area contributed by atoms with Gasteiger partial charge in [0.15, 0.2) is 0 Å². The van der Waals surface area contributed by atoms with Gasteiger partial charge in [-0.05, 0) is 13.3 Å². The summed E-state index contributed by atoms with van der Waals surface area (Å²) in [5.74, 6) is 0. The molecule has 14 heavy (non-hydrogen) atoms. The molecule has 0 rings (SSSR count). The first-order valence-electron chi connectivity index (χ1n) is 4.77. The summed E-state index contributed by atoms with van der Waals surface area (Å²) in [6, 6.07) is 0. The van der Waals surface area contributed by atoms with Crippen molar-refractivity contribution in [3.8, 4) is 0 Å². The van der Waals surface area contributed by atoms with Crippen LogP contribution in [0.3, 0.4) is 0 Å². The number of alkyl halides is 3. The van der Waals surface area contributed by atoms with Crippen LogP contribution >= 0.6 is 0 Å². The van der Waals surface area contributed by atoms with Crippen LogP contribution in [-0.2, 0) is 0 Å². The molecular weight excluding hydrogens is 195 g/mol. The van der Waals surface area contributed by atoms with Crippen molar-refractivity contribution in [2.45, 2.75) is 44.9 Å². The van der Waals surface area contributed by atoms with Crippen LogP contribution < -0.4 is 5.32 Å². The highest BCUT2D eigenvalue weighted by molar-refractivity contribution is 4.74. The minimum Gasteiger partial charge on any atom is -0.389 e. The Morgan fingerprint density at radius 2 is 1.79 bits per heavy atom. The molecule has 0 aromatic carbocycles. The third kappa shape index (κ3) is 8.31. The molecule has 1 atom stereocenters. The quantitative estimate of drug-likeness (QED) is 0.662. The Bertz CT molecular complexity index is 157. The third-order valence-corrected chi connectivity index (χ3v) is 1.88. The lowest BCUT2D eigenvalue weighted by atomic mass is 10.0. The predicted molar refractivity (Wildman–Crippen MR) is 49.1 cm³/mol. The minimum absolute atomic E-state index is 0.136. The summed E-state index contributed by atoms with van der Waals surface area (Å²) in [7, 11) is 0. The molecule has 0 aliphatic heterocycles. The molecule has 0 saturated carbocycles. The van der Waals surface area contributed by atoms with Crippen molar-refractivity contribution in [2.24, 2.45) is 0 Å². The van der Waals surface area contributed by atoms with E-state index in [0.717, 1.165) is 6.42 Å². The maximum Gasteiger partial charge on any atom is 0.390 e. The van der Waals surface area contributed by atoms with E-state index < -0.39 is 18.2 Å². The van der Waals surface area contributed by atoms with E-state index in [9.17, 15) is 18.3 Å². The Morgan fingerprint density at radius 3 is 2.21 bits per heavy atom. The smallest absolute Gasteiger partial charge is 0.389 e. The van der Waals surface area contributed by atoms with Crippen molar-refractivity contribution in [1.29, 1.82) is 0 Å². The van der Waals surface area contributed by atoms with Crippen molar-refractivity contribution in [3.63, 3.8) is 0 Å². The van der Waals surface area contributed by atoms with E-state index in [4.69, 9.17) is 0 Å². The molecule has 2 nitrogen and oxygen atoms in total. The standard InChI is InChI=1S/C9H18F3NO/c1-3-4-8(2,14)7-13-6-5-9(10,11)12/h13-14H,3-7H2,1-2H3. The fourth-order valence-corrected chi connectivity index (χ4v) is 1.21. The molecule has 0 aliphatic carbocycles. The molecule has 86 valence electrons. The number of rotatable bonds is 6. The van der Waals surface area contributed by atoms with Crippen LogP contribution in [-0.4, -0.2) is 30.0 Å². The maximum atomic E-state index is 11.7. The zero-order valence-corrected chi connectivity index (χ0v) is 8.62. The van der Waals surface area contributed by atoms with Gasteiger partial charge >= 0.3 is 6.18 Å². The fraction of sp³-hybridized carbons (Fsp3) is 1.00. The van der Waals surface area contributed by atoms with Crippen LogP contribution in [0.5, 0.6) is 0 Å². The number of halogens is 3. The number of nitrogens with one attached hydrogen (secondary N) is 1. The van der Waals surface area contributed by atoms with Crippen LogP contribution in [0, 0.1) is 0 Å². The summed E-state index contributed by atoms with van der Waals surface area (Å²) in [5.41, 5.74) is -0.902. The van der Waals surface area contributed by atoms with E-state index >= 15 is 0 Å². The molecule has 0 radical (unpaired) electrons. The van der Waals surface area contributed by atoms with E-state index in [-0.39, 0.29) is 13.1 Å². The number of hydrogen-bond donors (Lipinski definition) is 2. The first-order chi connectivity index (χ1) is 6.27. The monoisotopic (exact) mass is 213 g/mol. The van der Waals surface area contributed by atoms with Gasteiger partial charge in [-0.15, -0.1) is 0 Å². The van der Waals surface area contributed by atoms with Gasteiger partial charge in [0.25, 0.3) is 0 Å². The molecule has 0 fully saturated rings. The van der Waals surface area contributed by atoms with Gasteiger partial charge in [-0.25, -0.2) is 0 Å². The predicted octanol–water partition coefficient (Wildman–Crippen LogP) is 2.08. The average molecular weight is 213 g/mol. The van der Waals surface area contributed by atoms with Gasteiger partial charge in [0.1, 0.15) is 0 Å². The van der Waals surface area contributed by atoms with Crippen LogP contribution in [0.2, 0.25) is 0 Å². The summed E-state index contributed by atoms with van der Waals surface area (Å²) in [6.45, 7) is 3.61. The van der Waals surface area contributed by atoms with Gasteiger partial charge < -0.3 is 10.4 Å². The molecule has 5 heteroatoms. The van der Waals surface area contributed by atoms with E-state index in [0.29, 0.717) is 6.42 Å². The molecule has 0 saturated heterocycles. The summed E-state index contributed by atoms with van der Waals surface area (Å²) < 4.78 is 35.2. The van der Waals surface area contributed by atoms with Gasteiger partial charge in [0, 0.05) is 13.1 Å². The van der Waals surface area contributed by atoms with Gasteiger partial charge in [-0.2, -0.15) is 13.2 Å². The number of aliphatic hydroxyl groups is 1. The van der Waals surface area contributed by atoms with Crippen molar-refractivity contribution in [1.82, 2.24) is 5.32 Å². The van der Waals surface area contributed by atoms with Crippen molar-refractivity contribution >= 4 is 0 Å². The molecule has 0 aromatic rings. The lowest BCUT2D eigenvalue weighted by Gasteiger charge is -2.23. The maximum absolute atomic E-state index is 11.7. The highest BCUT2D eigenvalue weighted by Crippen LogP contribution is 2.18. The molecule has 2 N–H and O–H groups in total. The Morgan fingerprint density at radius 1 is 1.21 bits per heavy atom. The summed E-state index contributed by atoms with van der Waals surface area (Å²) >= 11 is 0. The lowest BCUT2D eigenvalue weighted by molar-refractivity contribution is -0.133. The van der Waals surface area contributed by atoms with E-state index in [1.165, 1.54) is 0 Å². The van der Waals surface area contributed by atoms with Crippen LogP contribution in [0.1, 0.15) is 33.1 Å². The molecule has 0 aliphatic rings. The Hall–Kier alpha value is -0.290. The Balaban J connectivity index is 3.54. The first kappa shape index (κ1) is 13.7. The molecule has 1 unspecified atom stereocenters. The highest BCUT2D eigenvalue weighted by Gasteiger charge is 2.26. The van der Waals surface area contributed by atoms with E-state index in [1.807, 2.05) is 6.92 Å². The first-order valence-corrected chi connectivity index (χ1v) is 4.77. The topological polar surface area (TPSA) is 32.3 Å². The molecule has 0 heterocycles. The molecule has 0 amide bonds. The van der Waals surface area contributed by atoms with E-state index in [2.05, 4.69) is 5.32 Å². The van der Waals surface area contributed by atoms with Crippen molar-refractivity contribution in [2.75, 3.05) is 13.1 Å². The molecule has 0 bridgehead atoms. The van der Waals surface area contributed by atoms with E-state index in [1.54, 1.807) is 6.92 Å². The zero-order valence-electron chi connectivity index (χ0n) is 8.62. The molecule has 0 aromatic heterocycles. The highest BCUT2D eigenvalue weighted by atomic mass is 19.4. The molecule has 0 spiro atoms. The van der Waals surface area contributed by atoms with Crippen molar-refractivity contribution < 1.29 is 18.3 Å². The van der Waals surface area contributed by atoms with Crippen LogP contribution in [0.15, 0.2) is 0 Å². The average Bonchev–Trinajstić information content (AvgIpc) is 1.96. The second kappa shape index (κ2) is 5.56. The van der Waals surface area contributed by atoms with Crippen LogP contribution in [0.4, 0.5) is 13.2 Å². The fourth-order valence-electron chi connectivity index (χ4n) is 1.21. The second-order valence-corrected chi connectivity index (χ2v) is 3.79. The second-order valence-electron chi connectivity index (χ2n) is 3.79. The van der Waals surface area contributed by atoms with Gasteiger partial charge in [-0.3, -0.25) is 0 Å². The Kier molecular flexibility index (Phi) is 5.44. The zero-order chi connectivity index (χ0) is 11.2. The van der Waals surface area contributed by atoms with Gasteiger partial charge in [0.05, 0.1) is 12.0 Å². The number of hydrogen-bond acceptors (Lipinski definition) is 2. The summed E-state index contributed by atoms with van der Waals surface area (Å²) in [4.78, 5) is 0. The van der Waals surface area contributed by atoms with Crippen molar-refractivity contribution in [3.05, 3.63) is 0 Å².